The number of hydrogen-bond donors (Lipinski definition) is 1. The Bertz CT molecular complexity index is 387. The lowest BCUT2D eigenvalue weighted by Gasteiger charge is -1.96. The standard InChI is InChI=1S/C9H10N2/c1-6-3-7(2)9-8(4-6)10-5-11-9/h3-5H,1-2H3,(H,10,11). The van der Waals surface area contributed by atoms with Crippen molar-refractivity contribution in [3.63, 3.8) is 0 Å². The van der Waals surface area contributed by atoms with E-state index in [4.69, 9.17) is 0 Å². The van der Waals surface area contributed by atoms with Crippen molar-refractivity contribution in [2.45, 2.75) is 13.8 Å². The van der Waals surface area contributed by atoms with Crippen molar-refractivity contribution in [1.82, 2.24) is 9.97 Å². The Morgan fingerprint density at radius 1 is 1.27 bits per heavy atom. The zero-order valence-electron chi connectivity index (χ0n) is 6.68. The molecule has 1 aromatic heterocycles. The Balaban J connectivity index is 2.91. The molecule has 0 unspecified atom stereocenters. The van der Waals surface area contributed by atoms with Crippen molar-refractivity contribution in [3.8, 4) is 0 Å². The molecule has 0 spiro atoms. The van der Waals surface area contributed by atoms with Crippen molar-refractivity contribution >= 4 is 11.0 Å². The first-order valence-electron chi connectivity index (χ1n) is 3.68. The minimum atomic E-state index is 1.08. The number of imidazole rings is 1. The predicted octanol–water partition coefficient (Wildman–Crippen LogP) is 2.18. The molecule has 0 saturated carbocycles. The molecule has 2 rings (SSSR count). The van der Waals surface area contributed by atoms with Gasteiger partial charge in [0, 0.05) is 0 Å². The van der Waals surface area contributed by atoms with E-state index in [1.807, 2.05) is 0 Å². The van der Waals surface area contributed by atoms with Crippen molar-refractivity contribution in [1.29, 1.82) is 0 Å². The van der Waals surface area contributed by atoms with Crippen LogP contribution in [0.25, 0.3) is 11.0 Å². The Morgan fingerprint density at radius 3 is 2.91 bits per heavy atom. The number of benzene rings is 1. The molecule has 2 nitrogen and oxygen atoms in total. The number of nitrogens with zero attached hydrogens (tertiary/aromatic N) is 1. The Labute approximate surface area is 65.3 Å². The Kier molecular flexibility index (Phi) is 1.22. The first-order valence-corrected chi connectivity index (χ1v) is 3.68. The summed E-state index contributed by atoms with van der Waals surface area (Å²) in [6.07, 6.45) is 1.73. The van der Waals surface area contributed by atoms with Crippen LogP contribution in [0, 0.1) is 13.8 Å². The molecule has 0 saturated heterocycles. The van der Waals surface area contributed by atoms with E-state index in [2.05, 4.69) is 35.9 Å². The van der Waals surface area contributed by atoms with E-state index < -0.39 is 0 Å². The first kappa shape index (κ1) is 6.40. The number of H-pyrrole nitrogens is 1. The van der Waals surface area contributed by atoms with Crippen LogP contribution >= 0.6 is 0 Å². The highest BCUT2D eigenvalue weighted by Gasteiger charge is 1.98. The molecule has 11 heavy (non-hydrogen) atoms. The third kappa shape index (κ3) is 0.909. The van der Waals surface area contributed by atoms with E-state index in [1.54, 1.807) is 6.33 Å². The van der Waals surface area contributed by atoms with Gasteiger partial charge in [0.15, 0.2) is 0 Å². The molecule has 2 aromatic rings. The predicted molar refractivity (Wildman–Crippen MR) is 45.6 cm³/mol. The topological polar surface area (TPSA) is 28.7 Å². The highest BCUT2D eigenvalue weighted by molar-refractivity contribution is 5.78. The summed E-state index contributed by atoms with van der Waals surface area (Å²) in [5.41, 5.74) is 4.72. The van der Waals surface area contributed by atoms with Gasteiger partial charge in [-0.05, 0) is 31.0 Å². The number of rotatable bonds is 0. The fourth-order valence-corrected chi connectivity index (χ4v) is 1.41. The van der Waals surface area contributed by atoms with Gasteiger partial charge in [-0.3, -0.25) is 0 Å². The maximum absolute atomic E-state index is 4.20. The van der Waals surface area contributed by atoms with Gasteiger partial charge in [-0.15, -0.1) is 0 Å². The third-order valence-corrected chi connectivity index (χ3v) is 1.86. The van der Waals surface area contributed by atoms with Crippen LogP contribution < -0.4 is 0 Å². The van der Waals surface area contributed by atoms with E-state index in [0.29, 0.717) is 0 Å². The molecular weight excluding hydrogens is 136 g/mol. The Morgan fingerprint density at radius 2 is 2.09 bits per heavy atom. The maximum atomic E-state index is 4.20. The van der Waals surface area contributed by atoms with Gasteiger partial charge in [-0.1, -0.05) is 6.07 Å². The SMILES string of the molecule is Cc1cc(C)c2nc[nH]c2c1. The number of aromatic amines is 1. The summed E-state index contributed by atoms with van der Waals surface area (Å²) in [5, 5.41) is 0. The van der Waals surface area contributed by atoms with Gasteiger partial charge in [0.25, 0.3) is 0 Å². The third-order valence-electron chi connectivity index (χ3n) is 1.86. The monoisotopic (exact) mass is 146 g/mol. The summed E-state index contributed by atoms with van der Waals surface area (Å²) in [6.45, 7) is 4.17. The molecule has 1 heterocycles. The van der Waals surface area contributed by atoms with E-state index in [0.717, 1.165) is 11.0 Å². The van der Waals surface area contributed by atoms with Gasteiger partial charge in [-0.25, -0.2) is 4.98 Å². The molecule has 0 aliphatic heterocycles. The van der Waals surface area contributed by atoms with E-state index in [1.165, 1.54) is 11.1 Å². The summed E-state index contributed by atoms with van der Waals surface area (Å²) >= 11 is 0. The van der Waals surface area contributed by atoms with Crippen molar-refractivity contribution in [2.75, 3.05) is 0 Å². The van der Waals surface area contributed by atoms with Crippen molar-refractivity contribution in [3.05, 3.63) is 29.6 Å². The van der Waals surface area contributed by atoms with E-state index in [-0.39, 0.29) is 0 Å². The molecule has 56 valence electrons. The number of aryl methyl sites for hydroxylation is 2. The average molecular weight is 146 g/mol. The lowest BCUT2D eigenvalue weighted by molar-refractivity contribution is 1.34. The van der Waals surface area contributed by atoms with Gasteiger partial charge in [0.05, 0.1) is 17.4 Å². The lowest BCUT2D eigenvalue weighted by Crippen LogP contribution is -1.79. The van der Waals surface area contributed by atoms with Crippen LogP contribution in [-0.4, -0.2) is 9.97 Å². The molecule has 0 fully saturated rings. The van der Waals surface area contributed by atoms with Gasteiger partial charge >= 0.3 is 0 Å². The van der Waals surface area contributed by atoms with Gasteiger partial charge in [0.1, 0.15) is 0 Å². The smallest absolute Gasteiger partial charge is 0.0931 e. The van der Waals surface area contributed by atoms with Crippen LogP contribution in [0.5, 0.6) is 0 Å². The normalized spacial score (nSPS) is 10.7. The summed E-state index contributed by atoms with van der Waals surface area (Å²) in [7, 11) is 0. The minimum Gasteiger partial charge on any atom is -0.345 e. The van der Waals surface area contributed by atoms with Gasteiger partial charge in [0.2, 0.25) is 0 Å². The van der Waals surface area contributed by atoms with Crippen LogP contribution in [0.15, 0.2) is 18.5 Å². The largest absolute Gasteiger partial charge is 0.345 e. The van der Waals surface area contributed by atoms with E-state index in [9.17, 15) is 0 Å². The summed E-state index contributed by atoms with van der Waals surface area (Å²) in [6, 6.07) is 4.25. The number of fused-ring (bicyclic) bond motifs is 1. The molecule has 0 bridgehead atoms. The summed E-state index contributed by atoms with van der Waals surface area (Å²) in [5.74, 6) is 0. The fraction of sp³-hybridized carbons (Fsp3) is 0.222. The highest BCUT2D eigenvalue weighted by Crippen LogP contribution is 2.15. The molecular formula is C9H10N2. The van der Waals surface area contributed by atoms with Crippen LogP contribution in [0.4, 0.5) is 0 Å². The van der Waals surface area contributed by atoms with Crippen LogP contribution in [-0.2, 0) is 0 Å². The van der Waals surface area contributed by atoms with Crippen molar-refractivity contribution < 1.29 is 0 Å². The fourth-order valence-electron chi connectivity index (χ4n) is 1.41. The zero-order chi connectivity index (χ0) is 7.84. The van der Waals surface area contributed by atoms with Crippen LogP contribution in [0.1, 0.15) is 11.1 Å². The minimum absolute atomic E-state index is 1.08. The van der Waals surface area contributed by atoms with Crippen LogP contribution in [0.2, 0.25) is 0 Å². The second-order valence-corrected chi connectivity index (χ2v) is 2.88. The molecule has 0 radical (unpaired) electrons. The molecule has 0 atom stereocenters. The van der Waals surface area contributed by atoms with Gasteiger partial charge in [-0.2, -0.15) is 0 Å². The zero-order valence-corrected chi connectivity index (χ0v) is 6.68. The Hall–Kier alpha value is -1.31. The highest BCUT2D eigenvalue weighted by atomic mass is 14.9. The lowest BCUT2D eigenvalue weighted by atomic mass is 10.1. The number of aromatic nitrogens is 2. The summed E-state index contributed by atoms with van der Waals surface area (Å²) < 4.78 is 0. The molecule has 0 aliphatic carbocycles. The average Bonchev–Trinajstić information content (AvgIpc) is 2.34. The van der Waals surface area contributed by atoms with Crippen molar-refractivity contribution in [2.24, 2.45) is 0 Å². The second-order valence-electron chi connectivity index (χ2n) is 2.88. The van der Waals surface area contributed by atoms with E-state index >= 15 is 0 Å². The van der Waals surface area contributed by atoms with Gasteiger partial charge < -0.3 is 4.98 Å². The molecule has 0 aliphatic rings. The number of nitrogens with one attached hydrogen (secondary N) is 1. The molecule has 1 N–H and O–H groups in total. The molecule has 1 aromatic carbocycles. The second kappa shape index (κ2) is 2.09. The maximum Gasteiger partial charge on any atom is 0.0931 e. The number of hydrogen-bond acceptors (Lipinski definition) is 1. The molecule has 2 heteroatoms. The summed E-state index contributed by atoms with van der Waals surface area (Å²) in [4.78, 5) is 7.29. The first-order chi connectivity index (χ1) is 5.27. The van der Waals surface area contributed by atoms with Crippen LogP contribution in [0.3, 0.4) is 0 Å². The quantitative estimate of drug-likeness (QED) is 0.606. The molecule has 0 amide bonds.